The van der Waals surface area contributed by atoms with E-state index in [4.69, 9.17) is 9.47 Å². The molecule has 7 rings (SSSR count). The molecule has 0 radical (unpaired) electrons. The molecule has 3 saturated carbocycles. The fourth-order valence-corrected chi connectivity index (χ4v) is 6.66. The maximum atomic E-state index is 12.8. The van der Waals surface area contributed by atoms with E-state index >= 15 is 0 Å². The van der Waals surface area contributed by atoms with Crippen LogP contribution in [0.25, 0.3) is 11.1 Å². The molecule has 2 bridgehead atoms. The molecule has 6 heteroatoms. The largest absolute Gasteiger partial charge is 0.497 e. The first-order valence-corrected chi connectivity index (χ1v) is 11.9. The summed E-state index contributed by atoms with van der Waals surface area (Å²) < 4.78 is 10.8. The quantitative estimate of drug-likeness (QED) is 0.502. The van der Waals surface area contributed by atoms with E-state index in [0.29, 0.717) is 0 Å². The lowest BCUT2D eigenvalue weighted by Crippen LogP contribution is -2.73. The third kappa shape index (κ3) is 3.31. The van der Waals surface area contributed by atoms with Gasteiger partial charge in [-0.25, -0.2) is 9.59 Å². The summed E-state index contributed by atoms with van der Waals surface area (Å²) in [6, 6.07) is 23.3. The Hall–Kier alpha value is -3.80. The van der Waals surface area contributed by atoms with Gasteiger partial charge in [-0.15, -0.1) is 0 Å². The SMILES string of the molecule is COc1ccc(C23CC(C(NC(=O)OCC4c5ccccc5-c5ccccc54)C(=O)O)(C2)C3)cc1. The Bertz CT molecular complexity index is 1250. The van der Waals surface area contributed by atoms with Gasteiger partial charge in [0, 0.05) is 11.3 Å². The van der Waals surface area contributed by atoms with Gasteiger partial charge in [-0.2, -0.15) is 0 Å². The number of rotatable bonds is 7. The van der Waals surface area contributed by atoms with Crippen LogP contribution in [-0.4, -0.2) is 36.9 Å². The van der Waals surface area contributed by atoms with Crippen molar-refractivity contribution in [1.82, 2.24) is 5.32 Å². The van der Waals surface area contributed by atoms with Crippen LogP contribution in [0.15, 0.2) is 72.8 Å². The fourth-order valence-electron chi connectivity index (χ4n) is 6.66. The molecule has 1 unspecified atom stereocenters. The molecule has 4 aliphatic rings. The number of alkyl carbamates (subject to hydrolysis) is 1. The van der Waals surface area contributed by atoms with Crippen molar-refractivity contribution < 1.29 is 24.2 Å². The summed E-state index contributed by atoms with van der Waals surface area (Å²) in [5.41, 5.74) is 5.33. The molecular weight excluding hydrogens is 442 g/mol. The number of aliphatic carboxylic acids is 1. The van der Waals surface area contributed by atoms with Gasteiger partial charge in [-0.05, 0) is 64.6 Å². The van der Waals surface area contributed by atoms with Crippen molar-refractivity contribution in [3.05, 3.63) is 89.5 Å². The maximum Gasteiger partial charge on any atom is 0.407 e. The highest BCUT2D eigenvalue weighted by molar-refractivity contribution is 5.82. The Balaban J connectivity index is 1.11. The second kappa shape index (κ2) is 7.87. The maximum absolute atomic E-state index is 12.8. The number of nitrogens with one attached hydrogen (secondary N) is 1. The van der Waals surface area contributed by atoms with Gasteiger partial charge in [0.25, 0.3) is 0 Å². The molecule has 4 aliphatic carbocycles. The van der Waals surface area contributed by atoms with E-state index in [1.54, 1.807) is 7.11 Å². The van der Waals surface area contributed by atoms with Crippen LogP contribution >= 0.6 is 0 Å². The van der Waals surface area contributed by atoms with Crippen LogP contribution in [0, 0.1) is 5.41 Å². The molecule has 178 valence electrons. The lowest BCUT2D eigenvalue weighted by atomic mass is 9.31. The number of amides is 1. The van der Waals surface area contributed by atoms with Crippen molar-refractivity contribution >= 4 is 12.1 Å². The summed E-state index contributed by atoms with van der Waals surface area (Å²) >= 11 is 0. The van der Waals surface area contributed by atoms with E-state index in [9.17, 15) is 14.7 Å². The first kappa shape index (κ1) is 21.7. The Labute approximate surface area is 203 Å². The number of ether oxygens (including phenoxy) is 2. The number of carboxylic acids is 1. The first-order chi connectivity index (χ1) is 16.9. The highest BCUT2D eigenvalue weighted by atomic mass is 16.5. The third-order valence-electron chi connectivity index (χ3n) is 8.24. The first-order valence-electron chi connectivity index (χ1n) is 11.9. The Morgan fingerprint density at radius 3 is 2.06 bits per heavy atom. The topological polar surface area (TPSA) is 84.9 Å². The van der Waals surface area contributed by atoms with E-state index in [1.165, 1.54) is 5.56 Å². The average Bonchev–Trinajstić information content (AvgIpc) is 3.14. The minimum absolute atomic E-state index is 0.00280. The van der Waals surface area contributed by atoms with Crippen LogP contribution in [0.4, 0.5) is 4.79 Å². The van der Waals surface area contributed by atoms with Gasteiger partial charge in [0.15, 0.2) is 0 Å². The summed E-state index contributed by atoms with van der Waals surface area (Å²) in [5, 5.41) is 12.6. The summed E-state index contributed by atoms with van der Waals surface area (Å²) in [4.78, 5) is 24.9. The molecular formula is C29H27NO5. The van der Waals surface area contributed by atoms with Crippen LogP contribution < -0.4 is 10.1 Å². The highest BCUT2D eigenvalue weighted by Crippen LogP contribution is 2.75. The van der Waals surface area contributed by atoms with Gasteiger partial charge in [0.05, 0.1) is 7.11 Å². The number of benzene rings is 3. The lowest BCUT2D eigenvalue weighted by Gasteiger charge is -2.72. The second-order valence-electron chi connectivity index (χ2n) is 10.1. The zero-order chi connectivity index (χ0) is 24.2. The van der Waals surface area contributed by atoms with E-state index in [2.05, 4.69) is 41.7 Å². The smallest absolute Gasteiger partial charge is 0.407 e. The Morgan fingerprint density at radius 2 is 1.51 bits per heavy atom. The number of carboxylic acid groups (broad SMARTS) is 1. The molecule has 0 spiro atoms. The van der Waals surface area contributed by atoms with Gasteiger partial charge in [-0.1, -0.05) is 60.7 Å². The van der Waals surface area contributed by atoms with Crippen molar-refractivity contribution in [1.29, 1.82) is 0 Å². The van der Waals surface area contributed by atoms with Crippen LogP contribution in [0.3, 0.4) is 0 Å². The molecule has 2 N–H and O–H groups in total. The molecule has 0 aliphatic heterocycles. The molecule has 0 aromatic heterocycles. The minimum atomic E-state index is -1.01. The monoisotopic (exact) mass is 469 g/mol. The number of fused-ring (bicyclic) bond motifs is 3. The zero-order valence-corrected chi connectivity index (χ0v) is 19.5. The minimum Gasteiger partial charge on any atom is -0.497 e. The molecule has 1 amide bonds. The number of hydrogen-bond donors (Lipinski definition) is 2. The van der Waals surface area contributed by atoms with Gasteiger partial charge < -0.3 is 19.9 Å². The van der Waals surface area contributed by atoms with Crippen LogP contribution in [0.1, 0.15) is 41.9 Å². The standard InChI is InChI=1S/C29H27NO5/c1-34-19-12-10-18(11-13-19)28-15-29(16-28,17-28)25(26(31)32)30-27(33)35-14-24-22-8-4-2-6-20(22)21-7-3-5-9-23(21)24/h2-13,24-25H,14-17H2,1H3,(H,30,33)(H,31,32). The number of carbonyl (C=O) groups is 2. The van der Waals surface area contributed by atoms with Crippen LogP contribution in [0.5, 0.6) is 5.75 Å². The molecule has 3 aromatic carbocycles. The second-order valence-corrected chi connectivity index (χ2v) is 10.1. The predicted molar refractivity (Wildman–Crippen MR) is 131 cm³/mol. The number of hydrogen-bond acceptors (Lipinski definition) is 4. The van der Waals surface area contributed by atoms with Crippen LogP contribution in [0.2, 0.25) is 0 Å². The summed E-state index contributed by atoms with van der Waals surface area (Å²) in [6.45, 7) is 0.162. The van der Waals surface area contributed by atoms with E-state index in [-0.39, 0.29) is 17.9 Å². The third-order valence-corrected chi connectivity index (χ3v) is 8.24. The van der Waals surface area contributed by atoms with E-state index < -0.39 is 23.5 Å². The Morgan fingerprint density at radius 1 is 0.943 bits per heavy atom. The number of methoxy groups -OCH3 is 1. The normalized spacial score (nSPS) is 24.3. The van der Waals surface area contributed by atoms with Gasteiger partial charge >= 0.3 is 12.1 Å². The fraction of sp³-hybridized carbons (Fsp3) is 0.310. The van der Waals surface area contributed by atoms with Gasteiger partial charge in [0.2, 0.25) is 0 Å². The van der Waals surface area contributed by atoms with E-state index in [1.807, 2.05) is 36.4 Å². The summed E-state index contributed by atoms with van der Waals surface area (Å²) in [5.74, 6) is -0.276. The molecule has 1 atom stereocenters. The van der Waals surface area contributed by atoms with Gasteiger partial charge in [0.1, 0.15) is 18.4 Å². The predicted octanol–water partition coefficient (Wildman–Crippen LogP) is 5.11. The van der Waals surface area contributed by atoms with Crippen molar-refractivity contribution in [3.8, 4) is 16.9 Å². The van der Waals surface area contributed by atoms with Gasteiger partial charge in [-0.3, -0.25) is 0 Å². The summed E-state index contributed by atoms with van der Waals surface area (Å²) in [7, 11) is 1.64. The van der Waals surface area contributed by atoms with Crippen molar-refractivity contribution in [2.75, 3.05) is 13.7 Å². The van der Waals surface area contributed by atoms with Crippen molar-refractivity contribution in [2.24, 2.45) is 5.41 Å². The highest BCUT2D eigenvalue weighted by Gasteiger charge is 2.72. The molecule has 3 fully saturated rings. The van der Waals surface area contributed by atoms with Crippen molar-refractivity contribution in [2.45, 2.75) is 36.6 Å². The molecule has 3 aromatic rings. The molecule has 35 heavy (non-hydrogen) atoms. The lowest BCUT2D eigenvalue weighted by molar-refractivity contribution is -0.183. The number of carbonyl (C=O) groups excluding carboxylic acids is 1. The molecule has 0 saturated heterocycles. The molecule has 0 heterocycles. The van der Waals surface area contributed by atoms with Crippen LogP contribution in [-0.2, 0) is 14.9 Å². The molecule has 6 nitrogen and oxygen atoms in total. The van der Waals surface area contributed by atoms with Crippen molar-refractivity contribution in [3.63, 3.8) is 0 Å². The van der Waals surface area contributed by atoms with E-state index in [0.717, 1.165) is 47.3 Å². The zero-order valence-electron chi connectivity index (χ0n) is 19.5. The Kier molecular flexibility index (Phi) is 4.88. The summed E-state index contributed by atoms with van der Waals surface area (Å²) in [6.07, 6.45) is 1.55. The average molecular weight is 470 g/mol.